The molecule has 2 aliphatic heterocycles. The van der Waals surface area contributed by atoms with Crippen molar-refractivity contribution >= 4 is 22.5 Å². The Balaban J connectivity index is 1.73. The van der Waals surface area contributed by atoms with E-state index in [0.717, 1.165) is 74.4 Å². The fourth-order valence-corrected chi connectivity index (χ4v) is 3.64. The first-order valence-electron chi connectivity index (χ1n) is 8.84. The van der Waals surface area contributed by atoms with Crippen LogP contribution >= 0.6 is 0 Å². The Morgan fingerprint density at radius 1 is 0.958 bits per heavy atom. The molecule has 2 saturated heterocycles. The summed E-state index contributed by atoms with van der Waals surface area (Å²) in [5.74, 6) is 1.08. The number of benzene rings is 1. The van der Waals surface area contributed by atoms with Gasteiger partial charge >= 0.3 is 0 Å². The van der Waals surface area contributed by atoms with Crippen LogP contribution in [0.5, 0.6) is 0 Å². The molecule has 24 heavy (non-hydrogen) atoms. The van der Waals surface area contributed by atoms with Gasteiger partial charge in [-0.3, -0.25) is 4.79 Å². The van der Waals surface area contributed by atoms with Crippen molar-refractivity contribution in [1.82, 2.24) is 9.88 Å². The van der Waals surface area contributed by atoms with E-state index in [0.29, 0.717) is 0 Å². The first-order chi connectivity index (χ1) is 11.8. The monoisotopic (exact) mass is 325 g/mol. The van der Waals surface area contributed by atoms with E-state index in [1.165, 1.54) is 6.42 Å². The number of hydrogen-bond donors (Lipinski definition) is 0. The molecular weight excluding hydrogens is 302 g/mol. The average Bonchev–Trinajstić information content (AvgIpc) is 2.68. The van der Waals surface area contributed by atoms with Gasteiger partial charge in [-0.15, -0.1) is 0 Å². The van der Waals surface area contributed by atoms with Gasteiger partial charge in [-0.2, -0.15) is 0 Å². The molecule has 5 heteroatoms. The molecule has 0 unspecified atom stereocenters. The maximum Gasteiger partial charge on any atom is 0.256 e. The predicted octanol–water partition coefficient (Wildman–Crippen LogP) is 2.70. The van der Waals surface area contributed by atoms with Crippen molar-refractivity contribution in [1.29, 1.82) is 0 Å². The molecule has 0 aliphatic carbocycles. The van der Waals surface area contributed by atoms with E-state index in [2.05, 4.69) is 16.0 Å². The molecule has 0 spiro atoms. The van der Waals surface area contributed by atoms with E-state index in [9.17, 15) is 4.79 Å². The molecular formula is C19H23N3O2. The summed E-state index contributed by atoms with van der Waals surface area (Å²) in [6, 6.07) is 8.12. The molecule has 2 aromatic rings. The second-order valence-corrected chi connectivity index (χ2v) is 6.49. The summed E-state index contributed by atoms with van der Waals surface area (Å²) in [6.45, 7) is 4.86. The number of ether oxygens (including phenoxy) is 1. The van der Waals surface area contributed by atoms with Gasteiger partial charge in [0.1, 0.15) is 5.82 Å². The molecule has 0 saturated carbocycles. The van der Waals surface area contributed by atoms with Gasteiger partial charge < -0.3 is 14.5 Å². The van der Waals surface area contributed by atoms with E-state index in [1.807, 2.05) is 23.1 Å². The van der Waals surface area contributed by atoms with Crippen LogP contribution in [0.15, 0.2) is 30.5 Å². The van der Waals surface area contributed by atoms with Crippen molar-refractivity contribution in [3.63, 3.8) is 0 Å². The quantitative estimate of drug-likeness (QED) is 0.852. The number of morpholine rings is 1. The largest absolute Gasteiger partial charge is 0.378 e. The average molecular weight is 325 g/mol. The van der Waals surface area contributed by atoms with Crippen molar-refractivity contribution in [2.45, 2.75) is 19.3 Å². The SMILES string of the molecule is O=C(c1cnc(N2CCOCC2)c2ccccc12)N1CCCCC1. The Morgan fingerprint density at radius 3 is 2.42 bits per heavy atom. The lowest BCUT2D eigenvalue weighted by molar-refractivity contribution is 0.0726. The molecule has 2 aliphatic rings. The van der Waals surface area contributed by atoms with Gasteiger partial charge in [0.2, 0.25) is 0 Å². The minimum atomic E-state index is 0.118. The fraction of sp³-hybridized carbons (Fsp3) is 0.474. The number of amides is 1. The summed E-state index contributed by atoms with van der Waals surface area (Å²) in [5.41, 5.74) is 0.726. The highest BCUT2D eigenvalue weighted by atomic mass is 16.5. The van der Waals surface area contributed by atoms with E-state index in [-0.39, 0.29) is 5.91 Å². The molecule has 1 aromatic heterocycles. The molecule has 4 rings (SSSR count). The normalized spacial score (nSPS) is 18.8. The molecule has 0 bridgehead atoms. The van der Waals surface area contributed by atoms with Crippen LogP contribution in [0.25, 0.3) is 10.8 Å². The highest BCUT2D eigenvalue weighted by Gasteiger charge is 2.23. The van der Waals surface area contributed by atoms with Crippen LogP contribution < -0.4 is 4.90 Å². The second-order valence-electron chi connectivity index (χ2n) is 6.49. The van der Waals surface area contributed by atoms with Crippen LogP contribution in [-0.2, 0) is 4.74 Å². The lowest BCUT2D eigenvalue weighted by Gasteiger charge is -2.30. The van der Waals surface area contributed by atoms with Crippen molar-refractivity contribution in [2.24, 2.45) is 0 Å². The first kappa shape index (κ1) is 15.4. The third-order valence-electron chi connectivity index (χ3n) is 4.96. The van der Waals surface area contributed by atoms with Crippen molar-refractivity contribution in [3.8, 4) is 0 Å². The number of carbonyl (C=O) groups excluding carboxylic acids is 1. The third-order valence-corrected chi connectivity index (χ3v) is 4.96. The van der Waals surface area contributed by atoms with Crippen LogP contribution in [0.4, 0.5) is 5.82 Å². The van der Waals surface area contributed by atoms with Gasteiger partial charge in [0, 0.05) is 37.8 Å². The molecule has 1 aromatic carbocycles. The zero-order chi connectivity index (χ0) is 16.4. The zero-order valence-electron chi connectivity index (χ0n) is 13.9. The number of carbonyl (C=O) groups is 1. The van der Waals surface area contributed by atoms with Crippen LogP contribution in [0, 0.1) is 0 Å². The highest BCUT2D eigenvalue weighted by Crippen LogP contribution is 2.29. The maximum absolute atomic E-state index is 13.0. The Labute approximate surface area is 142 Å². The van der Waals surface area contributed by atoms with Crippen LogP contribution in [0.3, 0.4) is 0 Å². The Kier molecular flexibility index (Phi) is 4.34. The smallest absolute Gasteiger partial charge is 0.256 e. The predicted molar refractivity (Wildman–Crippen MR) is 94.5 cm³/mol. The van der Waals surface area contributed by atoms with Crippen molar-refractivity contribution < 1.29 is 9.53 Å². The van der Waals surface area contributed by atoms with E-state index in [4.69, 9.17) is 4.74 Å². The minimum Gasteiger partial charge on any atom is -0.378 e. The highest BCUT2D eigenvalue weighted by molar-refractivity contribution is 6.09. The summed E-state index contributed by atoms with van der Waals surface area (Å²) >= 11 is 0. The number of aromatic nitrogens is 1. The standard InChI is InChI=1S/C19H23N3O2/c23-19(22-8-4-1-5-9-22)17-14-20-18(21-10-12-24-13-11-21)16-7-3-2-6-15(16)17/h2-3,6-7,14H,1,4-5,8-13H2. The maximum atomic E-state index is 13.0. The summed E-state index contributed by atoms with van der Waals surface area (Å²) < 4.78 is 5.44. The molecule has 3 heterocycles. The number of hydrogen-bond acceptors (Lipinski definition) is 4. The number of fused-ring (bicyclic) bond motifs is 1. The molecule has 0 atom stereocenters. The van der Waals surface area contributed by atoms with Gasteiger partial charge in [0.25, 0.3) is 5.91 Å². The van der Waals surface area contributed by atoms with Gasteiger partial charge in [-0.1, -0.05) is 24.3 Å². The lowest BCUT2D eigenvalue weighted by Crippen LogP contribution is -2.37. The molecule has 0 N–H and O–H groups in total. The van der Waals surface area contributed by atoms with Crippen LogP contribution in [-0.4, -0.2) is 55.2 Å². The summed E-state index contributed by atoms with van der Waals surface area (Å²) in [6.07, 6.45) is 5.19. The number of anilines is 1. The molecule has 1 amide bonds. The number of likely N-dealkylation sites (tertiary alicyclic amines) is 1. The Bertz CT molecular complexity index is 734. The summed E-state index contributed by atoms with van der Waals surface area (Å²) in [5, 5.41) is 2.06. The van der Waals surface area contributed by atoms with Gasteiger partial charge in [-0.25, -0.2) is 4.98 Å². The number of pyridine rings is 1. The molecule has 5 nitrogen and oxygen atoms in total. The van der Waals surface area contributed by atoms with E-state index < -0.39 is 0 Å². The minimum absolute atomic E-state index is 0.118. The van der Waals surface area contributed by atoms with E-state index in [1.54, 1.807) is 6.20 Å². The number of rotatable bonds is 2. The summed E-state index contributed by atoms with van der Waals surface area (Å²) in [7, 11) is 0. The Hall–Kier alpha value is -2.14. The van der Waals surface area contributed by atoms with Crippen LogP contribution in [0.2, 0.25) is 0 Å². The third kappa shape index (κ3) is 2.84. The van der Waals surface area contributed by atoms with Crippen molar-refractivity contribution in [3.05, 3.63) is 36.0 Å². The summed E-state index contributed by atoms with van der Waals surface area (Å²) in [4.78, 5) is 21.8. The first-order valence-corrected chi connectivity index (χ1v) is 8.84. The van der Waals surface area contributed by atoms with E-state index >= 15 is 0 Å². The molecule has 2 fully saturated rings. The van der Waals surface area contributed by atoms with Gasteiger partial charge in [-0.05, 0) is 24.6 Å². The van der Waals surface area contributed by atoms with Gasteiger partial charge in [0.05, 0.1) is 18.8 Å². The zero-order valence-corrected chi connectivity index (χ0v) is 13.9. The van der Waals surface area contributed by atoms with Gasteiger partial charge in [0.15, 0.2) is 0 Å². The van der Waals surface area contributed by atoms with Crippen LogP contribution in [0.1, 0.15) is 29.6 Å². The number of piperidine rings is 1. The fourth-order valence-electron chi connectivity index (χ4n) is 3.64. The Morgan fingerprint density at radius 2 is 1.67 bits per heavy atom. The molecule has 0 radical (unpaired) electrons. The topological polar surface area (TPSA) is 45.7 Å². The molecule has 126 valence electrons. The number of nitrogens with zero attached hydrogens (tertiary/aromatic N) is 3. The van der Waals surface area contributed by atoms with Crippen molar-refractivity contribution in [2.75, 3.05) is 44.3 Å². The second kappa shape index (κ2) is 6.77. The lowest BCUT2D eigenvalue weighted by atomic mass is 10.0.